The highest BCUT2D eigenvalue weighted by atomic mass is 35.5. The Labute approximate surface area is 182 Å². The number of halogens is 4. The van der Waals surface area contributed by atoms with Gasteiger partial charge in [0, 0.05) is 30.1 Å². The van der Waals surface area contributed by atoms with Crippen molar-refractivity contribution in [3.05, 3.63) is 47.1 Å². The van der Waals surface area contributed by atoms with E-state index in [1.807, 2.05) is 6.92 Å². The summed E-state index contributed by atoms with van der Waals surface area (Å²) in [7, 11) is 0. The molecule has 4 aromatic rings. The van der Waals surface area contributed by atoms with Crippen LogP contribution in [-0.4, -0.2) is 33.4 Å². The van der Waals surface area contributed by atoms with Gasteiger partial charge < -0.3 is 19.8 Å². The van der Waals surface area contributed by atoms with Gasteiger partial charge in [0.1, 0.15) is 5.58 Å². The van der Waals surface area contributed by atoms with Gasteiger partial charge in [-0.2, -0.15) is 18.2 Å². The summed E-state index contributed by atoms with van der Waals surface area (Å²) >= 11 is 5.60. The molecule has 1 amide bonds. The fourth-order valence-corrected chi connectivity index (χ4v) is 3.64. The first kappa shape index (κ1) is 20.3. The van der Waals surface area contributed by atoms with Crippen LogP contribution in [-0.2, 0) is 6.18 Å². The van der Waals surface area contributed by atoms with Crippen molar-refractivity contribution in [2.24, 2.45) is 0 Å². The van der Waals surface area contributed by atoms with Crippen LogP contribution in [0, 0.1) is 0 Å². The van der Waals surface area contributed by atoms with Crippen molar-refractivity contribution in [1.29, 1.82) is 0 Å². The smallest absolute Gasteiger partial charge is 0.433 e. The van der Waals surface area contributed by atoms with Gasteiger partial charge in [-0.15, -0.1) is 0 Å². The molecule has 4 heterocycles. The summed E-state index contributed by atoms with van der Waals surface area (Å²) in [5.41, 5.74) is 0.303. The molecule has 164 valence electrons. The molecule has 0 fully saturated rings. The Kier molecular flexibility index (Phi) is 4.59. The molecule has 1 aliphatic heterocycles. The molecule has 1 aliphatic rings. The minimum atomic E-state index is -4.71. The summed E-state index contributed by atoms with van der Waals surface area (Å²) in [5.74, 6) is -0.535. The van der Waals surface area contributed by atoms with Crippen LogP contribution in [0.3, 0.4) is 0 Å². The van der Waals surface area contributed by atoms with E-state index in [1.165, 1.54) is 6.07 Å². The molecule has 12 heteroatoms. The van der Waals surface area contributed by atoms with E-state index >= 15 is 0 Å². The first-order valence-corrected chi connectivity index (χ1v) is 9.77. The highest BCUT2D eigenvalue weighted by Crippen LogP contribution is 2.38. The minimum Gasteiger partial charge on any atom is -0.449 e. The van der Waals surface area contributed by atoms with Crippen molar-refractivity contribution >= 4 is 45.1 Å². The molecule has 0 spiro atoms. The third kappa shape index (κ3) is 3.54. The number of carbonyl (C=O) groups is 1. The van der Waals surface area contributed by atoms with Gasteiger partial charge in [0.25, 0.3) is 5.91 Å². The van der Waals surface area contributed by atoms with Crippen molar-refractivity contribution in [2.75, 3.05) is 11.9 Å². The fourth-order valence-electron chi connectivity index (χ4n) is 3.47. The lowest BCUT2D eigenvalue weighted by atomic mass is 10.1. The van der Waals surface area contributed by atoms with E-state index in [4.69, 9.17) is 20.8 Å². The van der Waals surface area contributed by atoms with Crippen LogP contribution in [0.4, 0.5) is 18.9 Å². The number of carbonyl (C=O) groups excluding carboxylic acids is 1. The Morgan fingerprint density at radius 1 is 1.16 bits per heavy atom. The van der Waals surface area contributed by atoms with Crippen LogP contribution in [0.2, 0.25) is 5.28 Å². The number of alkyl halides is 3. The van der Waals surface area contributed by atoms with Crippen molar-refractivity contribution in [3.8, 4) is 11.8 Å². The highest BCUT2D eigenvalue weighted by molar-refractivity contribution is 6.28. The summed E-state index contributed by atoms with van der Waals surface area (Å²) in [6, 6.07) is 7.02. The third-order valence-corrected chi connectivity index (χ3v) is 5.01. The monoisotopic (exact) mass is 463 g/mol. The number of nitrogens with zero attached hydrogens (tertiary/aromatic N) is 3. The van der Waals surface area contributed by atoms with Gasteiger partial charge in [0.2, 0.25) is 22.8 Å². The maximum Gasteiger partial charge on any atom is 0.433 e. The van der Waals surface area contributed by atoms with Crippen molar-refractivity contribution in [1.82, 2.24) is 20.3 Å². The van der Waals surface area contributed by atoms with E-state index in [2.05, 4.69) is 25.6 Å². The Morgan fingerprint density at radius 2 is 1.97 bits per heavy atom. The lowest BCUT2D eigenvalue weighted by Gasteiger charge is -2.10. The third-order valence-electron chi connectivity index (χ3n) is 4.84. The van der Waals surface area contributed by atoms with Crippen LogP contribution in [0.25, 0.3) is 21.9 Å². The number of furan rings is 1. The molecule has 32 heavy (non-hydrogen) atoms. The second kappa shape index (κ2) is 7.23. The zero-order valence-electron chi connectivity index (χ0n) is 16.2. The Balaban J connectivity index is 1.57. The number of anilines is 1. The van der Waals surface area contributed by atoms with Gasteiger partial charge >= 0.3 is 6.18 Å². The van der Waals surface area contributed by atoms with E-state index in [0.29, 0.717) is 40.2 Å². The van der Waals surface area contributed by atoms with Crippen LogP contribution in [0.1, 0.15) is 23.2 Å². The van der Waals surface area contributed by atoms with Gasteiger partial charge in [0.05, 0.1) is 16.6 Å². The van der Waals surface area contributed by atoms with Gasteiger partial charge in [-0.3, -0.25) is 4.79 Å². The van der Waals surface area contributed by atoms with Crippen LogP contribution < -0.4 is 15.4 Å². The molecule has 1 aromatic carbocycles. The van der Waals surface area contributed by atoms with E-state index in [0.717, 1.165) is 0 Å². The zero-order valence-corrected chi connectivity index (χ0v) is 17.0. The van der Waals surface area contributed by atoms with Crippen molar-refractivity contribution in [2.45, 2.75) is 19.1 Å². The summed E-state index contributed by atoms with van der Waals surface area (Å²) in [6.07, 6.45) is -4.71. The highest BCUT2D eigenvalue weighted by Gasteiger charge is 2.34. The molecule has 1 atom stereocenters. The number of hydrogen-bond donors (Lipinski definition) is 2. The van der Waals surface area contributed by atoms with Gasteiger partial charge in [-0.25, -0.2) is 9.97 Å². The molecule has 8 nitrogen and oxygen atoms in total. The summed E-state index contributed by atoms with van der Waals surface area (Å²) in [5, 5.41) is 6.80. The van der Waals surface area contributed by atoms with Crippen molar-refractivity contribution in [3.63, 3.8) is 0 Å². The SMILES string of the molecule is C[C@@H]1CNc2c(oc3ccc4nc(Oc5cc(C(F)(F)F)nc(Cl)n5)ccc4c23)C(=O)N1. The van der Waals surface area contributed by atoms with Crippen LogP contribution in [0.15, 0.2) is 34.7 Å². The normalized spacial score (nSPS) is 16.4. The summed E-state index contributed by atoms with van der Waals surface area (Å²) < 4.78 is 50.1. The maximum absolute atomic E-state index is 13.0. The Hall–Kier alpha value is -3.60. The average Bonchev–Trinajstić information content (AvgIpc) is 3.03. The lowest BCUT2D eigenvalue weighted by molar-refractivity contribution is -0.141. The number of hydrogen-bond acceptors (Lipinski definition) is 7. The standard InChI is InChI=1S/C20H13ClF3N5O3/c1-8-7-25-16-15-9-2-5-13(32-14-6-12(20(22,23)24)28-19(21)29-14)27-10(9)3-4-11(15)31-17(16)18(30)26-8/h2-6,8,25H,7H2,1H3,(H,26,30)/t8-/m1/s1. The predicted molar refractivity (Wildman–Crippen MR) is 109 cm³/mol. The zero-order chi connectivity index (χ0) is 22.6. The molecule has 0 bridgehead atoms. The number of fused-ring (bicyclic) bond motifs is 5. The van der Waals surface area contributed by atoms with Gasteiger partial charge in [0.15, 0.2) is 5.69 Å². The number of benzene rings is 1. The maximum atomic E-state index is 13.0. The second-order valence-electron chi connectivity index (χ2n) is 7.18. The lowest BCUT2D eigenvalue weighted by Crippen LogP contribution is -2.34. The first-order chi connectivity index (χ1) is 15.2. The van der Waals surface area contributed by atoms with Gasteiger partial charge in [-0.1, -0.05) is 0 Å². The number of nitrogens with one attached hydrogen (secondary N) is 2. The minimum absolute atomic E-state index is 0.00801. The number of amides is 1. The number of ether oxygens (including phenoxy) is 1. The van der Waals surface area contributed by atoms with E-state index in [9.17, 15) is 18.0 Å². The summed E-state index contributed by atoms with van der Waals surface area (Å²) in [4.78, 5) is 23.6. The van der Waals surface area contributed by atoms with E-state index in [-0.39, 0.29) is 23.6 Å². The largest absolute Gasteiger partial charge is 0.449 e. The van der Waals surface area contributed by atoms with Crippen LogP contribution in [0.5, 0.6) is 11.8 Å². The molecular weight excluding hydrogens is 451 g/mol. The van der Waals surface area contributed by atoms with E-state index in [1.54, 1.807) is 18.2 Å². The average molecular weight is 464 g/mol. The van der Waals surface area contributed by atoms with Gasteiger partial charge in [-0.05, 0) is 36.7 Å². The quantitative estimate of drug-likeness (QED) is 0.412. The molecule has 0 unspecified atom stereocenters. The fraction of sp³-hybridized carbons (Fsp3) is 0.200. The van der Waals surface area contributed by atoms with Crippen molar-refractivity contribution < 1.29 is 27.1 Å². The molecule has 0 saturated carbocycles. The van der Waals surface area contributed by atoms with E-state index < -0.39 is 23.0 Å². The molecule has 3 aromatic heterocycles. The molecule has 0 aliphatic carbocycles. The summed E-state index contributed by atoms with van der Waals surface area (Å²) in [6.45, 7) is 2.38. The molecular formula is C20H13ClF3N5O3. The Morgan fingerprint density at radius 3 is 2.75 bits per heavy atom. The van der Waals surface area contributed by atoms with Crippen LogP contribution >= 0.6 is 11.6 Å². The predicted octanol–water partition coefficient (Wildman–Crippen LogP) is 4.78. The number of pyridine rings is 1. The molecule has 0 radical (unpaired) electrons. The Bertz CT molecular complexity index is 1390. The molecule has 0 saturated heterocycles. The first-order valence-electron chi connectivity index (χ1n) is 9.39. The number of rotatable bonds is 2. The molecule has 2 N–H and O–H groups in total. The number of aromatic nitrogens is 3. The molecule has 5 rings (SSSR count). The topological polar surface area (TPSA) is 102 Å². The second-order valence-corrected chi connectivity index (χ2v) is 7.51.